The summed E-state index contributed by atoms with van der Waals surface area (Å²) in [5, 5.41) is 10.8. The van der Waals surface area contributed by atoms with E-state index in [9.17, 15) is 19.5 Å². The molecule has 3 fully saturated rings. The third kappa shape index (κ3) is 5.76. The zero-order valence-corrected chi connectivity index (χ0v) is 27.6. The first-order valence-electron chi connectivity index (χ1n) is 16.3. The summed E-state index contributed by atoms with van der Waals surface area (Å²) in [6, 6.07) is 17.8. The number of aliphatic hydroxyl groups excluding tert-OH is 1. The van der Waals surface area contributed by atoms with Gasteiger partial charge in [-0.25, -0.2) is 0 Å². The highest BCUT2D eigenvalue weighted by molar-refractivity contribution is 8.02. The molecule has 8 atom stereocenters. The molecule has 0 saturated carbocycles. The first-order valence-corrected chi connectivity index (χ1v) is 17.2. The minimum absolute atomic E-state index is 0.0251. The molecule has 7 nitrogen and oxygen atoms in total. The maximum Gasteiger partial charge on any atom is 0.247 e. The molecule has 4 unspecified atom stereocenters. The molecule has 2 bridgehead atoms. The van der Waals surface area contributed by atoms with Gasteiger partial charge < -0.3 is 19.8 Å². The highest BCUT2D eigenvalue weighted by atomic mass is 32.2. The van der Waals surface area contributed by atoms with Gasteiger partial charge in [-0.2, -0.15) is 0 Å². The molecule has 1 N–H and O–H groups in total. The maximum absolute atomic E-state index is 15.0. The molecule has 3 heterocycles. The predicted octanol–water partition coefficient (Wildman–Crippen LogP) is 5.35. The Labute approximate surface area is 272 Å². The smallest absolute Gasteiger partial charge is 0.247 e. The Morgan fingerprint density at radius 2 is 1.71 bits per heavy atom. The number of thioether (sulfide) groups is 1. The molecule has 1 spiro atoms. The number of aliphatic hydroxyl groups is 1. The minimum Gasteiger partial charge on any atom is -0.394 e. The van der Waals surface area contributed by atoms with Crippen LogP contribution in [0.25, 0.3) is 0 Å². The van der Waals surface area contributed by atoms with Crippen molar-refractivity contribution >= 4 is 35.2 Å². The molecule has 0 aliphatic carbocycles. The quantitative estimate of drug-likeness (QED) is 0.285. The van der Waals surface area contributed by atoms with Crippen LogP contribution in [-0.2, 0) is 20.8 Å². The van der Waals surface area contributed by atoms with Crippen LogP contribution in [0.5, 0.6) is 0 Å². The van der Waals surface area contributed by atoms with Gasteiger partial charge in [-0.15, -0.1) is 24.9 Å². The number of fused-ring (bicyclic) bond motifs is 1. The van der Waals surface area contributed by atoms with Crippen molar-refractivity contribution in [2.45, 2.75) is 74.6 Å². The van der Waals surface area contributed by atoms with Crippen molar-refractivity contribution in [1.82, 2.24) is 9.80 Å². The summed E-state index contributed by atoms with van der Waals surface area (Å²) in [6.07, 6.45) is 6.35. The van der Waals surface area contributed by atoms with Crippen LogP contribution in [0.15, 0.2) is 86.0 Å². The van der Waals surface area contributed by atoms with Crippen molar-refractivity contribution < 1.29 is 19.5 Å². The summed E-state index contributed by atoms with van der Waals surface area (Å²) >= 11 is 1.67. The third-order valence-corrected chi connectivity index (χ3v) is 12.2. The van der Waals surface area contributed by atoms with E-state index in [2.05, 4.69) is 33.9 Å². The molecule has 2 aromatic rings. The number of nitrogens with zero attached hydrogens (tertiary/aromatic N) is 3. The Morgan fingerprint density at radius 3 is 2.31 bits per heavy atom. The van der Waals surface area contributed by atoms with E-state index in [1.165, 1.54) is 0 Å². The maximum atomic E-state index is 15.0. The number of amides is 3. The van der Waals surface area contributed by atoms with Crippen molar-refractivity contribution in [3.05, 3.63) is 91.5 Å². The number of hydrogen-bond donors (Lipinski definition) is 1. The van der Waals surface area contributed by atoms with Crippen LogP contribution in [0.3, 0.4) is 0 Å². The van der Waals surface area contributed by atoms with E-state index >= 15 is 0 Å². The molecular formula is C37H47N3O4S. The Bertz CT molecular complexity index is 1390. The van der Waals surface area contributed by atoms with Gasteiger partial charge in [-0.05, 0) is 49.8 Å². The lowest BCUT2D eigenvalue weighted by atomic mass is 9.65. The van der Waals surface area contributed by atoms with Gasteiger partial charge in [0.05, 0.1) is 29.2 Å². The molecule has 5 rings (SSSR count). The molecule has 8 heteroatoms. The number of likely N-dealkylation sites (tertiary alicyclic amines) is 1. The zero-order chi connectivity index (χ0) is 32.3. The van der Waals surface area contributed by atoms with E-state index in [0.717, 1.165) is 30.5 Å². The van der Waals surface area contributed by atoms with Crippen molar-refractivity contribution in [3.8, 4) is 0 Å². The number of para-hydroxylation sites is 1. The summed E-state index contributed by atoms with van der Waals surface area (Å²) in [4.78, 5) is 49.8. The molecule has 3 amide bonds. The molecule has 0 radical (unpaired) electrons. The highest BCUT2D eigenvalue weighted by Gasteiger charge is 2.77. The lowest BCUT2D eigenvalue weighted by Crippen LogP contribution is -2.60. The number of hydrogen-bond acceptors (Lipinski definition) is 5. The van der Waals surface area contributed by atoms with Crippen LogP contribution in [0.2, 0.25) is 0 Å². The summed E-state index contributed by atoms with van der Waals surface area (Å²) in [6.45, 7) is 14.5. The average Bonchev–Trinajstić information content (AvgIpc) is 3.65. The Morgan fingerprint density at radius 1 is 1.07 bits per heavy atom. The van der Waals surface area contributed by atoms with Gasteiger partial charge in [0.15, 0.2) is 0 Å². The van der Waals surface area contributed by atoms with Crippen LogP contribution < -0.4 is 4.90 Å². The van der Waals surface area contributed by atoms with Crippen LogP contribution in [0, 0.1) is 17.8 Å². The fourth-order valence-electron chi connectivity index (χ4n) is 8.15. The van der Waals surface area contributed by atoms with E-state index in [0.29, 0.717) is 19.5 Å². The van der Waals surface area contributed by atoms with Crippen molar-refractivity contribution in [1.29, 1.82) is 0 Å². The molecule has 2 aromatic carbocycles. The molecule has 0 aromatic heterocycles. The Balaban J connectivity index is 1.62. The Kier molecular flexibility index (Phi) is 10.2. The second kappa shape index (κ2) is 14.0. The summed E-state index contributed by atoms with van der Waals surface area (Å²) in [5.41, 5.74) is 1.74. The van der Waals surface area contributed by atoms with E-state index in [1.807, 2.05) is 65.6 Å². The van der Waals surface area contributed by atoms with E-state index < -0.39 is 28.7 Å². The number of rotatable bonds is 14. The van der Waals surface area contributed by atoms with Gasteiger partial charge in [-0.1, -0.05) is 81.0 Å². The van der Waals surface area contributed by atoms with E-state index in [4.69, 9.17) is 0 Å². The summed E-state index contributed by atoms with van der Waals surface area (Å²) in [7, 11) is 0. The van der Waals surface area contributed by atoms with Crippen LogP contribution in [-0.4, -0.2) is 80.4 Å². The van der Waals surface area contributed by atoms with Gasteiger partial charge in [0.25, 0.3) is 0 Å². The number of benzene rings is 2. The second-order valence-electron chi connectivity index (χ2n) is 12.8. The summed E-state index contributed by atoms with van der Waals surface area (Å²) in [5.74, 6) is -1.66. The second-order valence-corrected chi connectivity index (χ2v) is 14.4. The van der Waals surface area contributed by atoms with Gasteiger partial charge >= 0.3 is 0 Å². The van der Waals surface area contributed by atoms with Crippen LogP contribution >= 0.6 is 11.8 Å². The molecule has 3 aliphatic heterocycles. The zero-order valence-electron chi connectivity index (χ0n) is 26.8. The van der Waals surface area contributed by atoms with Gasteiger partial charge in [-0.3, -0.25) is 14.4 Å². The Hall–Kier alpha value is -3.36. The molecule has 240 valence electrons. The highest BCUT2D eigenvalue weighted by Crippen LogP contribution is 2.69. The lowest BCUT2D eigenvalue weighted by Gasteiger charge is -2.43. The van der Waals surface area contributed by atoms with E-state index in [1.54, 1.807) is 33.7 Å². The number of anilines is 1. The largest absolute Gasteiger partial charge is 0.394 e. The minimum atomic E-state index is -0.803. The number of carbonyl (C=O) groups is 3. The standard InChI is InChI=1S/C37H47N3O4S/c1-6-15-26(5)38(20-7-2)36(44)33-37-25(4)22-30(45-37)31(34(42)39(21-8-3)28-18-13-10-14-19-28)32(37)35(43)40(33)29(24-41)23-27-16-11-9-12-17-27/h7-14,16-19,25-26,29-33,41H,2-3,6,15,20-24H2,1,4-5H3/t25?,26?,29-,30+,31-,32+,33?,37?/m1/s1. The van der Waals surface area contributed by atoms with Gasteiger partial charge in [0, 0.05) is 30.1 Å². The first-order chi connectivity index (χ1) is 21.7. The third-order valence-electron chi connectivity index (χ3n) is 10.1. The van der Waals surface area contributed by atoms with Gasteiger partial charge in [0.2, 0.25) is 17.7 Å². The van der Waals surface area contributed by atoms with Crippen molar-refractivity contribution in [3.63, 3.8) is 0 Å². The van der Waals surface area contributed by atoms with Crippen molar-refractivity contribution in [2.24, 2.45) is 17.8 Å². The first kappa shape index (κ1) is 33.0. The lowest BCUT2D eigenvalue weighted by molar-refractivity contribution is -0.146. The fourth-order valence-corrected chi connectivity index (χ4v) is 10.5. The van der Waals surface area contributed by atoms with Crippen LogP contribution in [0.4, 0.5) is 5.69 Å². The molecule has 45 heavy (non-hydrogen) atoms. The molecule has 3 saturated heterocycles. The number of carbonyl (C=O) groups excluding carboxylic acids is 3. The van der Waals surface area contributed by atoms with Gasteiger partial charge in [0.1, 0.15) is 6.04 Å². The summed E-state index contributed by atoms with van der Waals surface area (Å²) < 4.78 is -0.787. The normalized spacial score (nSPS) is 28.0. The van der Waals surface area contributed by atoms with E-state index in [-0.39, 0.29) is 41.5 Å². The van der Waals surface area contributed by atoms with Crippen molar-refractivity contribution in [2.75, 3.05) is 24.6 Å². The van der Waals surface area contributed by atoms with Crippen LogP contribution in [0.1, 0.15) is 45.6 Å². The predicted molar refractivity (Wildman–Crippen MR) is 182 cm³/mol. The molecular weight excluding hydrogens is 582 g/mol. The topological polar surface area (TPSA) is 81.2 Å². The monoisotopic (exact) mass is 629 g/mol. The average molecular weight is 630 g/mol. The molecule has 3 aliphatic rings. The SMILES string of the molecule is C=CCN(C(=O)[C@@H]1[C@@H]2CC(C)C3(S2)C(C(=O)N(CC=C)C(C)CCC)N([C@@H](CO)Cc2ccccc2)C(=O)[C@H]13)c1ccccc1. The fraction of sp³-hybridized carbons (Fsp3) is 0.486.